The number of carbonyl (C=O) groups is 1. The van der Waals surface area contributed by atoms with E-state index in [1.54, 1.807) is 25.6 Å². The van der Waals surface area contributed by atoms with Crippen LogP contribution in [-0.2, 0) is 17.6 Å². The average molecular weight is 282 g/mol. The fourth-order valence-electron chi connectivity index (χ4n) is 2.88. The van der Waals surface area contributed by atoms with E-state index in [4.69, 9.17) is 4.74 Å². The first-order valence-electron chi connectivity index (χ1n) is 7.23. The number of rotatable bonds is 4. The summed E-state index contributed by atoms with van der Waals surface area (Å²) in [6, 6.07) is 7.71. The Labute approximate surface area is 124 Å². The van der Waals surface area contributed by atoms with Gasteiger partial charge < -0.3 is 4.74 Å². The molecule has 0 saturated heterocycles. The molecular weight excluding hydrogens is 264 g/mol. The van der Waals surface area contributed by atoms with Gasteiger partial charge in [0.05, 0.1) is 18.7 Å². The predicted molar refractivity (Wildman–Crippen MR) is 79.4 cm³/mol. The Morgan fingerprint density at radius 2 is 2.24 bits per heavy atom. The summed E-state index contributed by atoms with van der Waals surface area (Å²) in [7, 11) is 1.58. The van der Waals surface area contributed by atoms with Crippen LogP contribution in [-0.4, -0.2) is 22.9 Å². The van der Waals surface area contributed by atoms with Gasteiger partial charge in [-0.05, 0) is 36.5 Å². The molecule has 21 heavy (non-hydrogen) atoms. The van der Waals surface area contributed by atoms with E-state index in [9.17, 15) is 4.79 Å². The Morgan fingerprint density at radius 3 is 3.00 bits per heavy atom. The highest BCUT2D eigenvalue weighted by Gasteiger charge is 2.27. The van der Waals surface area contributed by atoms with Crippen molar-refractivity contribution in [2.24, 2.45) is 0 Å². The SMILES string of the molecule is COc1ccc(CC(=O)C2CCCc3cccnc32)cn1. The van der Waals surface area contributed by atoms with Crippen molar-refractivity contribution in [3.8, 4) is 5.88 Å². The summed E-state index contributed by atoms with van der Waals surface area (Å²) >= 11 is 0. The smallest absolute Gasteiger partial charge is 0.212 e. The van der Waals surface area contributed by atoms with E-state index in [2.05, 4.69) is 16.0 Å². The highest BCUT2D eigenvalue weighted by atomic mass is 16.5. The third-order valence-corrected chi connectivity index (χ3v) is 3.97. The molecule has 2 aromatic heterocycles. The molecule has 2 aromatic rings. The molecule has 0 aromatic carbocycles. The molecule has 4 nitrogen and oxygen atoms in total. The second-order valence-corrected chi connectivity index (χ2v) is 5.34. The number of ether oxygens (including phenoxy) is 1. The molecule has 1 unspecified atom stereocenters. The maximum atomic E-state index is 12.6. The summed E-state index contributed by atoms with van der Waals surface area (Å²) in [6.45, 7) is 0. The first-order valence-corrected chi connectivity index (χ1v) is 7.23. The zero-order valence-electron chi connectivity index (χ0n) is 12.1. The second-order valence-electron chi connectivity index (χ2n) is 5.34. The quantitative estimate of drug-likeness (QED) is 0.865. The second kappa shape index (κ2) is 6.04. The molecule has 0 amide bonds. The molecule has 1 aliphatic rings. The molecule has 0 aliphatic heterocycles. The molecule has 0 radical (unpaired) electrons. The van der Waals surface area contributed by atoms with E-state index in [0.717, 1.165) is 30.5 Å². The van der Waals surface area contributed by atoms with Gasteiger partial charge in [-0.1, -0.05) is 12.1 Å². The molecule has 3 rings (SSSR count). The molecule has 0 fully saturated rings. The van der Waals surface area contributed by atoms with Gasteiger partial charge in [0.2, 0.25) is 5.88 Å². The van der Waals surface area contributed by atoms with Crippen molar-refractivity contribution >= 4 is 5.78 Å². The molecule has 1 atom stereocenters. The van der Waals surface area contributed by atoms with Gasteiger partial charge in [-0.2, -0.15) is 0 Å². The minimum atomic E-state index is -0.0722. The Bertz CT molecular complexity index is 637. The maximum Gasteiger partial charge on any atom is 0.212 e. The molecule has 108 valence electrons. The lowest BCUT2D eigenvalue weighted by molar-refractivity contribution is -0.120. The van der Waals surface area contributed by atoms with Crippen LogP contribution in [0.1, 0.15) is 35.6 Å². The van der Waals surface area contributed by atoms with E-state index in [1.165, 1.54) is 5.56 Å². The summed E-state index contributed by atoms with van der Waals surface area (Å²) in [4.78, 5) is 21.2. The van der Waals surface area contributed by atoms with Gasteiger partial charge >= 0.3 is 0 Å². The van der Waals surface area contributed by atoms with Crippen molar-refractivity contribution in [3.05, 3.63) is 53.5 Å². The topological polar surface area (TPSA) is 52.1 Å². The van der Waals surface area contributed by atoms with E-state index >= 15 is 0 Å². The first kappa shape index (κ1) is 13.7. The van der Waals surface area contributed by atoms with Crippen molar-refractivity contribution in [1.82, 2.24) is 9.97 Å². The molecule has 0 spiro atoms. The summed E-state index contributed by atoms with van der Waals surface area (Å²) in [5.74, 6) is 0.717. The minimum Gasteiger partial charge on any atom is -0.481 e. The van der Waals surface area contributed by atoms with Gasteiger partial charge in [0.1, 0.15) is 5.78 Å². The van der Waals surface area contributed by atoms with E-state index < -0.39 is 0 Å². The molecule has 4 heteroatoms. The maximum absolute atomic E-state index is 12.6. The van der Waals surface area contributed by atoms with Crippen molar-refractivity contribution in [1.29, 1.82) is 0 Å². The summed E-state index contributed by atoms with van der Waals surface area (Å²) < 4.78 is 5.03. The predicted octanol–water partition coefficient (Wildman–Crippen LogP) is 2.72. The van der Waals surface area contributed by atoms with E-state index in [0.29, 0.717) is 12.3 Å². The molecule has 0 bridgehead atoms. The zero-order valence-corrected chi connectivity index (χ0v) is 12.1. The standard InChI is InChI=1S/C17H18N2O2/c1-21-16-8-7-12(11-19-16)10-15(20)14-6-2-4-13-5-3-9-18-17(13)14/h3,5,7-9,11,14H,2,4,6,10H2,1H3. The monoisotopic (exact) mass is 282 g/mol. The van der Waals surface area contributed by atoms with Crippen LogP contribution in [0.4, 0.5) is 0 Å². The molecule has 0 N–H and O–H groups in total. The van der Waals surface area contributed by atoms with Crippen LogP contribution < -0.4 is 4.74 Å². The number of methoxy groups -OCH3 is 1. The van der Waals surface area contributed by atoms with E-state index in [1.807, 2.05) is 12.1 Å². The molecule has 2 heterocycles. The van der Waals surface area contributed by atoms with Crippen molar-refractivity contribution in [2.45, 2.75) is 31.6 Å². The number of ketones is 1. The fourth-order valence-corrected chi connectivity index (χ4v) is 2.88. The fraction of sp³-hybridized carbons (Fsp3) is 0.353. The summed E-state index contributed by atoms with van der Waals surface area (Å²) in [5, 5.41) is 0. The number of Topliss-reactive ketones (excluding diaryl/α,β-unsaturated/α-hetero) is 1. The van der Waals surface area contributed by atoms with Gasteiger partial charge in [-0.25, -0.2) is 4.98 Å². The van der Waals surface area contributed by atoms with Crippen molar-refractivity contribution < 1.29 is 9.53 Å². The number of carbonyl (C=O) groups excluding carboxylic acids is 1. The van der Waals surface area contributed by atoms with Crippen LogP contribution in [0, 0.1) is 0 Å². The summed E-state index contributed by atoms with van der Waals surface area (Å²) in [6.07, 6.45) is 6.86. The van der Waals surface area contributed by atoms with Crippen LogP contribution in [0.2, 0.25) is 0 Å². The number of aromatic nitrogens is 2. The van der Waals surface area contributed by atoms with Gasteiger partial charge in [0.15, 0.2) is 0 Å². The zero-order chi connectivity index (χ0) is 14.7. The number of hydrogen-bond acceptors (Lipinski definition) is 4. The van der Waals surface area contributed by atoms with Gasteiger partial charge in [0, 0.05) is 24.9 Å². The molecular formula is C17H18N2O2. The Balaban J connectivity index is 1.76. The van der Waals surface area contributed by atoms with Gasteiger partial charge in [-0.15, -0.1) is 0 Å². The Hall–Kier alpha value is -2.23. The third-order valence-electron chi connectivity index (χ3n) is 3.97. The lowest BCUT2D eigenvalue weighted by Crippen LogP contribution is -2.21. The largest absolute Gasteiger partial charge is 0.481 e. The number of hydrogen-bond donors (Lipinski definition) is 0. The highest BCUT2D eigenvalue weighted by molar-refractivity contribution is 5.87. The van der Waals surface area contributed by atoms with Crippen LogP contribution in [0.15, 0.2) is 36.7 Å². The van der Waals surface area contributed by atoms with Gasteiger partial charge in [0.25, 0.3) is 0 Å². The van der Waals surface area contributed by atoms with Crippen molar-refractivity contribution in [2.75, 3.05) is 7.11 Å². The molecule has 0 saturated carbocycles. The molecule has 1 aliphatic carbocycles. The number of aryl methyl sites for hydroxylation is 1. The highest BCUT2D eigenvalue weighted by Crippen LogP contribution is 2.31. The van der Waals surface area contributed by atoms with Crippen LogP contribution >= 0.6 is 0 Å². The van der Waals surface area contributed by atoms with Crippen LogP contribution in [0.5, 0.6) is 5.88 Å². The Morgan fingerprint density at radius 1 is 1.33 bits per heavy atom. The number of nitrogens with zero attached hydrogens (tertiary/aromatic N) is 2. The third kappa shape index (κ3) is 2.94. The number of fused-ring (bicyclic) bond motifs is 1. The average Bonchev–Trinajstić information content (AvgIpc) is 2.55. The first-order chi connectivity index (χ1) is 10.3. The van der Waals surface area contributed by atoms with E-state index in [-0.39, 0.29) is 11.7 Å². The summed E-state index contributed by atoms with van der Waals surface area (Å²) in [5.41, 5.74) is 3.11. The lowest BCUT2D eigenvalue weighted by atomic mass is 9.82. The Kier molecular flexibility index (Phi) is 3.95. The van der Waals surface area contributed by atoms with Crippen LogP contribution in [0.3, 0.4) is 0 Å². The lowest BCUT2D eigenvalue weighted by Gasteiger charge is -2.23. The van der Waals surface area contributed by atoms with Crippen LogP contribution in [0.25, 0.3) is 0 Å². The van der Waals surface area contributed by atoms with Gasteiger partial charge in [-0.3, -0.25) is 9.78 Å². The minimum absolute atomic E-state index is 0.0722. The number of pyridine rings is 2. The van der Waals surface area contributed by atoms with Crippen molar-refractivity contribution in [3.63, 3.8) is 0 Å². The normalized spacial score (nSPS) is 17.1.